The average molecular weight is 184 g/mol. The van der Waals surface area contributed by atoms with E-state index in [1.807, 2.05) is 6.08 Å². The van der Waals surface area contributed by atoms with Crippen LogP contribution in [-0.2, 0) is 4.79 Å². The first kappa shape index (κ1) is 10.2. The molecule has 0 aromatic rings. The van der Waals surface area contributed by atoms with Gasteiger partial charge in [0.25, 0.3) is 0 Å². The van der Waals surface area contributed by atoms with Gasteiger partial charge in [0.15, 0.2) is 0 Å². The fraction of sp³-hybridized carbons (Fsp3) is 0.667. The number of amides is 1. The predicted molar refractivity (Wildman–Crippen MR) is 50.0 cm³/mol. The van der Waals surface area contributed by atoms with Gasteiger partial charge in [-0.25, -0.2) is 0 Å². The van der Waals surface area contributed by atoms with E-state index in [0.29, 0.717) is 25.9 Å². The lowest BCUT2D eigenvalue weighted by Crippen LogP contribution is -2.52. The van der Waals surface area contributed by atoms with Crippen molar-refractivity contribution in [1.82, 2.24) is 4.90 Å². The van der Waals surface area contributed by atoms with Crippen molar-refractivity contribution in [2.75, 3.05) is 19.6 Å². The first-order valence-corrected chi connectivity index (χ1v) is 4.44. The summed E-state index contributed by atoms with van der Waals surface area (Å²) in [6.45, 7) is 5.83. The second-order valence-corrected chi connectivity index (χ2v) is 3.49. The minimum absolute atomic E-state index is 0.427. The maximum atomic E-state index is 10.9. The summed E-state index contributed by atoms with van der Waals surface area (Å²) in [5, 5.41) is 9.71. The van der Waals surface area contributed by atoms with E-state index in [9.17, 15) is 9.90 Å². The molecule has 13 heavy (non-hydrogen) atoms. The van der Waals surface area contributed by atoms with E-state index in [0.717, 1.165) is 6.54 Å². The number of carbonyl (C=O) groups excluding carboxylic acids is 1. The summed E-state index contributed by atoms with van der Waals surface area (Å²) in [6.07, 6.45) is 2.67. The van der Waals surface area contributed by atoms with E-state index in [2.05, 4.69) is 11.5 Å². The molecule has 1 aliphatic heterocycles. The van der Waals surface area contributed by atoms with Crippen LogP contribution < -0.4 is 5.73 Å². The standard InChI is InChI=1S/C9H16N2O2/c1-2-5-11-6-3-9(13,4-7-11)8(10)12/h2,13H,1,3-7H2,(H2,10,12). The first-order chi connectivity index (χ1) is 6.08. The average Bonchev–Trinajstić information content (AvgIpc) is 2.09. The van der Waals surface area contributed by atoms with Gasteiger partial charge in [0.2, 0.25) is 5.91 Å². The topological polar surface area (TPSA) is 66.6 Å². The van der Waals surface area contributed by atoms with E-state index in [4.69, 9.17) is 5.73 Å². The fourth-order valence-electron chi connectivity index (χ4n) is 1.53. The summed E-state index contributed by atoms with van der Waals surface area (Å²) in [4.78, 5) is 13.0. The Balaban J connectivity index is 2.46. The van der Waals surface area contributed by atoms with Crippen LogP contribution in [0.1, 0.15) is 12.8 Å². The normalized spacial score (nSPS) is 22.5. The summed E-state index contributed by atoms with van der Waals surface area (Å²) in [5.74, 6) is -0.606. The number of carbonyl (C=O) groups is 1. The summed E-state index contributed by atoms with van der Waals surface area (Å²) < 4.78 is 0. The Labute approximate surface area is 78.0 Å². The highest BCUT2D eigenvalue weighted by molar-refractivity contribution is 5.83. The number of nitrogens with zero attached hydrogens (tertiary/aromatic N) is 1. The van der Waals surface area contributed by atoms with Crippen molar-refractivity contribution < 1.29 is 9.90 Å². The molecule has 74 valence electrons. The second kappa shape index (κ2) is 3.89. The molecule has 0 aromatic carbocycles. The molecule has 0 aromatic heterocycles. The highest BCUT2D eigenvalue weighted by Crippen LogP contribution is 2.21. The third-order valence-corrected chi connectivity index (χ3v) is 2.53. The number of hydrogen-bond donors (Lipinski definition) is 2. The third kappa shape index (κ3) is 2.29. The summed E-state index contributed by atoms with van der Waals surface area (Å²) in [7, 11) is 0. The molecule has 1 saturated heterocycles. The lowest BCUT2D eigenvalue weighted by Gasteiger charge is -2.35. The Morgan fingerprint density at radius 3 is 2.54 bits per heavy atom. The third-order valence-electron chi connectivity index (χ3n) is 2.53. The van der Waals surface area contributed by atoms with Crippen LogP contribution in [0.25, 0.3) is 0 Å². The van der Waals surface area contributed by atoms with Crippen molar-refractivity contribution in [1.29, 1.82) is 0 Å². The lowest BCUT2D eigenvalue weighted by atomic mass is 9.91. The number of hydrogen-bond acceptors (Lipinski definition) is 3. The van der Waals surface area contributed by atoms with Crippen LogP contribution in [0.5, 0.6) is 0 Å². The minimum Gasteiger partial charge on any atom is -0.380 e. The number of rotatable bonds is 3. The SMILES string of the molecule is C=CCN1CCC(O)(C(N)=O)CC1. The molecule has 4 heteroatoms. The monoisotopic (exact) mass is 184 g/mol. The largest absolute Gasteiger partial charge is 0.380 e. The molecule has 0 atom stereocenters. The van der Waals surface area contributed by atoms with E-state index in [1.54, 1.807) is 0 Å². The van der Waals surface area contributed by atoms with Crippen LogP contribution in [0.2, 0.25) is 0 Å². The van der Waals surface area contributed by atoms with E-state index < -0.39 is 11.5 Å². The quantitative estimate of drug-likeness (QED) is 0.580. The molecular formula is C9H16N2O2. The van der Waals surface area contributed by atoms with Gasteiger partial charge in [0.05, 0.1) is 0 Å². The Morgan fingerprint density at radius 2 is 2.15 bits per heavy atom. The van der Waals surface area contributed by atoms with Crippen molar-refractivity contribution in [3.8, 4) is 0 Å². The molecule has 1 heterocycles. The van der Waals surface area contributed by atoms with Crippen LogP contribution in [-0.4, -0.2) is 41.1 Å². The minimum atomic E-state index is -1.28. The van der Waals surface area contributed by atoms with E-state index in [1.165, 1.54) is 0 Å². The summed E-state index contributed by atoms with van der Waals surface area (Å²) in [6, 6.07) is 0. The molecule has 0 bridgehead atoms. The zero-order valence-corrected chi connectivity index (χ0v) is 7.70. The summed E-state index contributed by atoms with van der Waals surface area (Å²) >= 11 is 0. The molecule has 1 amide bonds. The highest BCUT2D eigenvalue weighted by Gasteiger charge is 2.37. The number of nitrogens with two attached hydrogens (primary N) is 1. The molecule has 0 aliphatic carbocycles. The molecule has 1 aliphatic rings. The molecule has 1 rings (SSSR count). The Bertz CT molecular complexity index is 208. The van der Waals surface area contributed by atoms with Crippen molar-refractivity contribution >= 4 is 5.91 Å². The van der Waals surface area contributed by atoms with E-state index >= 15 is 0 Å². The van der Waals surface area contributed by atoms with Crippen LogP contribution in [0.15, 0.2) is 12.7 Å². The van der Waals surface area contributed by atoms with Gasteiger partial charge in [-0.3, -0.25) is 9.69 Å². The van der Waals surface area contributed by atoms with Crippen molar-refractivity contribution in [2.24, 2.45) is 5.73 Å². The Kier molecular flexibility index (Phi) is 3.06. The Hall–Kier alpha value is -0.870. The van der Waals surface area contributed by atoms with Gasteiger partial charge in [-0.05, 0) is 12.8 Å². The molecule has 1 fully saturated rings. The van der Waals surface area contributed by atoms with Gasteiger partial charge < -0.3 is 10.8 Å². The number of piperidine rings is 1. The van der Waals surface area contributed by atoms with Crippen molar-refractivity contribution in [3.05, 3.63) is 12.7 Å². The van der Waals surface area contributed by atoms with Gasteiger partial charge in [0.1, 0.15) is 5.60 Å². The zero-order valence-electron chi connectivity index (χ0n) is 7.70. The van der Waals surface area contributed by atoms with Gasteiger partial charge in [-0.15, -0.1) is 6.58 Å². The maximum absolute atomic E-state index is 10.9. The zero-order chi connectivity index (χ0) is 9.90. The molecule has 3 N–H and O–H groups in total. The smallest absolute Gasteiger partial charge is 0.249 e. The molecule has 0 unspecified atom stereocenters. The molecule has 4 nitrogen and oxygen atoms in total. The maximum Gasteiger partial charge on any atom is 0.249 e. The van der Waals surface area contributed by atoms with Crippen LogP contribution >= 0.6 is 0 Å². The first-order valence-electron chi connectivity index (χ1n) is 4.44. The molecule has 0 radical (unpaired) electrons. The molecule has 0 saturated carbocycles. The fourth-order valence-corrected chi connectivity index (χ4v) is 1.53. The van der Waals surface area contributed by atoms with Gasteiger partial charge in [0, 0.05) is 19.6 Å². The molecular weight excluding hydrogens is 168 g/mol. The number of primary amides is 1. The second-order valence-electron chi connectivity index (χ2n) is 3.49. The van der Waals surface area contributed by atoms with Crippen molar-refractivity contribution in [3.63, 3.8) is 0 Å². The van der Waals surface area contributed by atoms with Crippen LogP contribution in [0.4, 0.5) is 0 Å². The van der Waals surface area contributed by atoms with Crippen LogP contribution in [0, 0.1) is 0 Å². The highest BCUT2D eigenvalue weighted by atomic mass is 16.3. The number of likely N-dealkylation sites (tertiary alicyclic amines) is 1. The van der Waals surface area contributed by atoms with E-state index in [-0.39, 0.29) is 0 Å². The molecule has 0 spiro atoms. The lowest BCUT2D eigenvalue weighted by molar-refractivity contribution is -0.140. The number of aliphatic hydroxyl groups is 1. The van der Waals surface area contributed by atoms with Crippen LogP contribution in [0.3, 0.4) is 0 Å². The van der Waals surface area contributed by atoms with Gasteiger partial charge in [-0.2, -0.15) is 0 Å². The van der Waals surface area contributed by atoms with Crippen molar-refractivity contribution in [2.45, 2.75) is 18.4 Å². The predicted octanol–water partition coefficient (Wildman–Crippen LogP) is -0.515. The van der Waals surface area contributed by atoms with Gasteiger partial charge >= 0.3 is 0 Å². The Morgan fingerprint density at radius 1 is 1.62 bits per heavy atom. The summed E-state index contributed by atoms with van der Waals surface area (Å²) in [5.41, 5.74) is 3.81. The van der Waals surface area contributed by atoms with Gasteiger partial charge in [-0.1, -0.05) is 6.08 Å².